The van der Waals surface area contributed by atoms with E-state index in [1.165, 1.54) is 199 Å². The Balaban J connectivity index is 5.18. The third-order valence-electron chi connectivity index (χ3n) is 17.4. The number of carbonyl (C=O) groups is 4. The lowest BCUT2D eigenvalue weighted by molar-refractivity contribution is -0.161. The van der Waals surface area contributed by atoms with E-state index in [0.29, 0.717) is 25.7 Å². The summed E-state index contributed by atoms with van der Waals surface area (Å²) in [5, 5.41) is 10.6. The number of phosphoric acid groups is 2. The van der Waals surface area contributed by atoms with Gasteiger partial charge in [0.05, 0.1) is 26.4 Å². The van der Waals surface area contributed by atoms with Gasteiger partial charge in [0.1, 0.15) is 19.3 Å². The third kappa shape index (κ3) is 65.4. The van der Waals surface area contributed by atoms with Crippen LogP contribution in [0.5, 0.6) is 0 Å². The van der Waals surface area contributed by atoms with Gasteiger partial charge in [-0.05, 0) is 31.6 Å². The number of phosphoric ester groups is 2. The average molecular weight is 1350 g/mol. The van der Waals surface area contributed by atoms with Gasteiger partial charge in [0.15, 0.2) is 12.2 Å². The Kier molecular flexibility index (Phi) is 64.9. The molecular weight excluding hydrogens is 1210 g/mol. The van der Waals surface area contributed by atoms with Crippen molar-refractivity contribution >= 4 is 39.5 Å². The number of esters is 4. The second kappa shape index (κ2) is 66.3. The minimum Gasteiger partial charge on any atom is -0.462 e. The van der Waals surface area contributed by atoms with Crippen molar-refractivity contribution in [2.45, 2.75) is 400 Å². The monoisotopic (exact) mass is 1350 g/mol. The highest BCUT2D eigenvalue weighted by molar-refractivity contribution is 7.47. The molecule has 0 rings (SSSR count). The second-order valence-corrected chi connectivity index (χ2v) is 29.5. The molecule has 0 amide bonds. The van der Waals surface area contributed by atoms with Crippen LogP contribution in [0, 0.1) is 5.92 Å². The van der Waals surface area contributed by atoms with Gasteiger partial charge in [-0.1, -0.05) is 330 Å². The van der Waals surface area contributed by atoms with Gasteiger partial charge in [-0.2, -0.15) is 0 Å². The van der Waals surface area contributed by atoms with E-state index in [1.54, 1.807) is 0 Å². The predicted octanol–water partition coefficient (Wildman–Crippen LogP) is 21.3. The van der Waals surface area contributed by atoms with Crippen molar-refractivity contribution in [2.75, 3.05) is 39.6 Å². The van der Waals surface area contributed by atoms with E-state index in [2.05, 4.69) is 34.6 Å². The quantitative estimate of drug-likeness (QED) is 0.0222. The van der Waals surface area contributed by atoms with E-state index in [0.717, 1.165) is 102 Å². The molecule has 3 N–H and O–H groups in total. The van der Waals surface area contributed by atoms with Crippen LogP contribution in [0.1, 0.15) is 381 Å². The van der Waals surface area contributed by atoms with Crippen LogP contribution in [0.3, 0.4) is 0 Å². The highest BCUT2D eigenvalue weighted by Crippen LogP contribution is 2.45. The summed E-state index contributed by atoms with van der Waals surface area (Å²) in [5.74, 6) is -1.28. The largest absolute Gasteiger partial charge is 0.472 e. The molecule has 6 atom stereocenters. The molecule has 0 spiro atoms. The van der Waals surface area contributed by atoms with Gasteiger partial charge < -0.3 is 33.8 Å². The average Bonchev–Trinajstić information content (AvgIpc) is 3.71. The Morgan fingerprint density at radius 1 is 0.304 bits per heavy atom. The Bertz CT molecular complexity index is 1770. The van der Waals surface area contributed by atoms with Crippen LogP contribution >= 0.6 is 15.6 Å². The zero-order chi connectivity index (χ0) is 67.7. The van der Waals surface area contributed by atoms with E-state index in [9.17, 15) is 43.2 Å². The molecule has 0 aliphatic carbocycles. The van der Waals surface area contributed by atoms with Gasteiger partial charge in [0, 0.05) is 25.7 Å². The highest BCUT2D eigenvalue weighted by atomic mass is 31.2. The molecule has 0 saturated heterocycles. The molecule has 3 unspecified atom stereocenters. The lowest BCUT2D eigenvalue weighted by Gasteiger charge is -2.21. The van der Waals surface area contributed by atoms with E-state index in [-0.39, 0.29) is 25.7 Å². The van der Waals surface area contributed by atoms with Crippen LogP contribution in [-0.4, -0.2) is 96.7 Å². The summed E-state index contributed by atoms with van der Waals surface area (Å²) in [6.45, 7) is 7.28. The van der Waals surface area contributed by atoms with Gasteiger partial charge >= 0.3 is 39.5 Å². The molecule has 0 aliphatic rings. The molecule has 0 aromatic rings. The molecule has 0 bridgehead atoms. The van der Waals surface area contributed by atoms with Crippen LogP contribution in [0.25, 0.3) is 0 Å². The van der Waals surface area contributed by atoms with Crippen molar-refractivity contribution in [3.63, 3.8) is 0 Å². The number of rotatable bonds is 73. The molecular formula is C73H142O17P2. The Hall–Kier alpha value is -1.94. The fourth-order valence-corrected chi connectivity index (χ4v) is 12.7. The summed E-state index contributed by atoms with van der Waals surface area (Å²) in [4.78, 5) is 72.5. The van der Waals surface area contributed by atoms with Crippen molar-refractivity contribution in [3.05, 3.63) is 0 Å². The molecule has 0 aromatic heterocycles. The fourth-order valence-electron chi connectivity index (χ4n) is 11.1. The van der Waals surface area contributed by atoms with E-state index >= 15 is 0 Å². The van der Waals surface area contributed by atoms with Crippen LogP contribution in [-0.2, 0) is 65.4 Å². The van der Waals surface area contributed by atoms with Crippen LogP contribution in [0.2, 0.25) is 0 Å². The summed E-state index contributed by atoms with van der Waals surface area (Å²) in [6.07, 6.45) is 54.1. The Labute approximate surface area is 562 Å². The van der Waals surface area contributed by atoms with E-state index in [1.807, 2.05) is 0 Å². The minimum atomic E-state index is -4.95. The van der Waals surface area contributed by atoms with Crippen molar-refractivity contribution in [1.82, 2.24) is 0 Å². The lowest BCUT2D eigenvalue weighted by Crippen LogP contribution is -2.30. The first-order valence-corrected chi connectivity index (χ1v) is 41.2. The normalized spacial score (nSPS) is 14.3. The van der Waals surface area contributed by atoms with Crippen LogP contribution < -0.4 is 0 Å². The molecule has 92 heavy (non-hydrogen) atoms. The summed E-state index contributed by atoms with van der Waals surface area (Å²) in [6, 6.07) is 0. The van der Waals surface area contributed by atoms with E-state index < -0.39 is 97.5 Å². The first kappa shape index (κ1) is 90.1. The fraction of sp³-hybridized carbons (Fsp3) is 0.945. The number of hydrogen-bond donors (Lipinski definition) is 3. The first-order chi connectivity index (χ1) is 44.6. The highest BCUT2D eigenvalue weighted by Gasteiger charge is 2.30. The molecule has 17 nitrogen and oxygen atoms in total. The first-order valence-electron chi connectivity index (χ1n) is 38.2. The van der Waals surface area contributed by atoms with E-state index in [4.69, 9.17) is 37.0 Å². The van der Waals surface area contributed by atoms with Crippen molar-refractivity contribution in [2.24, 2.45) is 5.92 Å². The van der Waals surface area contributed by atoms with Crippen molar-refractivity contribution in [3.8, 4) is 0 Å². The Morgan fingerprint density at radius 2 is 0.522 bits per heavy atom. The maximum atomic E-state index is 13.1. The zero-order valence-corrected chi connectivity index (χ0v) is 61.5. The third-order valence-corrected chi connectivity index (χ3v) is 19.3. The van der Waals surface area contributed by atoms with Crippen LogP contribution in [0.4, 0.5) is 0 Å². The standard InChI is InChI=1S/C73H142O17P2/c1-6-10-13-16-19-22-23-24-25-26-27-31-34-38-42-47-52-57-71(76)84-63-69(90-73(78)59-54-49-44-39-35-32-29-28-30-33-37-40-45-50-55-66(5)9-4)65-88-92(81,82)86-61-67(74)60-85-91(79,80)87-64-68(62-83-70(75)56-51-46-41-21-18-15-12-8-3)89-72(77)58-53-48-43-36-20-17-14-11-7-2/h66-69,74H,6-65H2,1-5H3,(H,79,80)(H,81,82)/t66?,67-,68+,69+/m0/s1. The summed E-state index contributed by atoms with van der Waals surface area (Å²) < 4.78 is 68.3. The molecule has 19 heteroatoms. The molecule has 0 radical (unpaired) electrons. The number of ether oxygens (including phenoxy) is 4. The summed E-state index contributed by atoms with van der Waals surface area (Å²) in [7, 11) is -9.90. The summed E-state index contributed by atoms with van der Waals surface area (Å²) >= 11 is 0. The minimum absolute atomic E-state index is 0.106. The lowest BCUT2D eigenvalue weighted by atomic mass is 9.99. The van der Waals surface area contributed by atoms with Crippen molar-refractivity contribution < 1.29 is 80.2 Å². The Morgan fingerprint density at radius 3 is 0.772 bits per heavy atom. The molecule has 0 aromatic carbocycles. The van der Waals surface area contributed by atoms with Crippen molar-refractivity contribution in [1.29, 1.82) is 0 Å². The van der Waals surface area contributed by atoms with Gasteiger partial charge in [0.25, 0.3) is 0 Å². The second-order valence-electron chi connectivity index (χ2n) is 26.6. The number of aliphatic hydroxyl groups excluding tert-OH is 1. The van der Waals surface area contributed by atoms with Crippen LogP contribution in [0.15, 0.2) is 0 Å². The number of carbonyl (C=O) groups excluding carboxylic acids is 4. The van der Waals surface area contributed by atoms with Gasteiger partial charge in [-0.15, -0.1) is 0 Å². The smallest absolute Gasteiger partial charge is 0.462 e. The molecule has 546 valence electrons. The SMILES string of the molecule is CCCCCCCCCCCCCCCCCCCC(=O)OC[C@H](COP(=O)(O)OC[C@@H](O)COP(=O)(O)OC[C@@H](COC(=O)CCCCCCCCCC)OC(=O)CCCCCCCCCCC)OC(=O)CCCCCCCCCCCCCCCCC(C)CC. The van der Waals surface area contributed by atoms with Gasteiger partial charge in [-0.25, -0.2) is 9.13 Å². The summed E-state index contributed by atoms with van der Waals surface area (Å²) in [5.41, 5.74) is 0. The number of aliphatic hydroxyl groups is 1. The molecule has 0 aliphatic heterocycles. The topological polar surface area (TPSA) is 237 Å². The zero-order valence-electron chi connectivity index (χ0n) is 59.7. The number of hydrogen-bond acceptors (Lipinski definition) is 15. The van der Waals surface area contributed by atoms with Gasteiger partial charge in [0.2, 0.25) is 0 Å². The molecule has 0 saturated carbocycles. The predicted molar refractivity (Wildman–Crippen MR) is 372 cm³/mol. The van der Waals surface area contributed by atoms with Gasteiger partial charge in [-0.3, -0.25) is 37.3 Å². The number of unbranched alkanes of at least 4 members (excludes halogenated alkanes) is 44. The maximum Gasteiger partial charge on any atom is 0.472 e. The molecule has 0 heterocycles. The maximum absolute atomic E-state index is 13.1. The molecule has 0 fully saturated rings.